The first-order chi connectivity index (χ1) is 21.8. The van der Waals surface area contributed by atoms with Crippen molar-refractivity contribution in [3.8, 4) is 0 Å². The van der Waals surface area contributed by atoms with Gasteiger partial charge in [-0.2, -0.15) is 50.1 Å². The quantitative estimate of drug-likeness (QED) is 0.137. The maximum Gasteiger partial charge on any atom is 4.00 e. The van der Waals surface area contributed by atoms with Crippen LogP contribution in [0.4, 0.5) is 26.3 Å². The molecule has 0 bridgehead atoms. The first-order valence-corrected chi connectivity index (χ1v) is 15.3. The van der Waals surface area contributed by atoms with E-state index in [9.17, 15) is 26.3 Å². The van der Waals surface area contributed by atoms with E-state index in [4.69, 9.17) is 0 Å². The van der Waals surface area contributed by atoms with Crippen molar-refractivity contribution < 1.29 is 77.4 Å². The van der Waals surface area contributed by atoms with Gasteiger partial charge in [-0.3, -0.25) is 0 Å². The SMILES string of the molecule is CC(C)(C)c1ccc2c(c1)[cH-]c1cc(C(C)(C)C)ccc12.FC(F)(F)c1ccc(C(=C2[C-]=CC=C2)c2ccc(C(F)(F)F)cc2)cc1.[Cl-].[Cl-].[Zr+4]. The summed E-state index contributed by atoms with van der Waals surface area (Å²) in [4.78, 5) is 0. The van der Waals surface area contributed by atoms with Crippen LogP contribution in [0.2, 0.25) is 0 Å². The molecule has 50 heavy (non-hydrogen) atoms. The van der Waals surface area contributed by atoms with Gasteiger partial charge in [0.2, 0.25) is 0 Å². The molecule has 0 N–H and O–H groups in total. The fourth-order valence-electron chi connectivity index (χ4n) is 5.57. The van der Waals surface area contributed by atoms with E-state index in [1.54, 1.807) is 18.2 Å². The van der Waals surface area contributed by atoms with Crippen LogP contribution >= 0.6 is 0 Å². The molecule has 0 saturated carbocycles. The average Bonchev–Trinajstić information content (AvgIpc) is 3.64. The second kappa shape index (κ2) is 16.1. The Balaban J connectivity index is 0.000000333. The van der Waals surface area contributed by atoms with Gasteiger partial charge in [0.15, 0.2) is 0 Å². The van der Waals surface area contributed by atoms with E-state index >= 15 is 0 Å². The number of benzene rings is 4. The van der Waals surface area contributed by atoms with Crippen LogP contribution in [0.1, 0.15) is 74.9 Å². The summed E-state index contributed by atoms with van der Waals surface area (Å²) in [6.07, 6.45) is -0.950. The molecule has 1 aliphatic rings. The summed E-state index contributed by atoms with van der Waals surface area (Å²) in [6.45, 7) is 13.6. The van der Waals surface area contributed by atoms with Crippen LogP contribution in [0.5, 0.6) is 0 Å². The molecule has 6 rings (SSSR count). The summed E-state index contributed by atoms with van der Waals surface area (Å²) in [5.74, 6) is 0. The number of fused-ring (bicyclic) bond motifs is 3. The number of rotatable bonds is 2. The maximum atomic E-state index is 12.8. The van der Waals surface area contributed by atoms with Gasteiger partial charge in [0, 0.05) is 0 Å². The minimum Gasteiger partial charge on any atom is -1.00 e. The maximum absolute atomic E-state index is 12.8. The Kier molecular flexibility index (Phi) is 13.9. The van der Waals surface area contributed by atoms with Crippen molar-refractivity contribution in [1.29, 1.82) is 0 Å². The van der Waals surface area contributed by atoms with Crippen LogP contribution < -0.4 is 24.8 Å². The molecule has 0 fully saturated rings. The third-order valence-electron chi connectivity index (χ3n) is 8.31. The van der Waals surface area contributed by atoms with E-state index in [1.807, 2.05) is 0 Å². The van der Waals surface area contributed by atoms with E-state index in [0.717, 1.165) is 24.3 Å². The summed E-state index contributed by atoms with van der Waals surface area (Å²) in [6, 6.07) is 25.2. The van der Waals surface area contributed by atoms with E-state index < -0.39 is 23.5 Å². The summed E-state index contributed by atoms with van der Waals surface area (Å²) < 4.78 is 76.5. The summed E-state index contributed by atoms with van der Waals surface area (Å²) in [7, 11) is 0. The van der Waals surface area contributed by atoms with Gasteiger partial charge in [-0.05, 0) is 10.8 Å². The predicted octanol–water partition coefficient (Wildman–Crippen LogP) is 6.77. The summed E-state index contributed by atoms with van der Waals surface area (Å²) >= 11 is 0. The third-order valence-corrected chi connectivity index (χ3v) is 8.31. The van der Waals surface area contributed by atoms with Crippen molar-refractivity contribution in [2.75, 3.05) is 0 Å². The third kappa shape index (κ3) is 9.87. The largest absolute Gasteiger partial charge is 4.00 e. The first kappa shape index (κ1) is 43.2. The second-order valence-electron chi connectivity index (χ2n) is 13.9. The molecule has 0 heterocycles. The van der Waals surface area contributed by atoms with Crippen molar-refractivity contribution in [3.63, 3.8) is 0 Å². The number of allylic oxidation sites excluding steroid dienone is 5. The van der Waals surface area contributed by atoms with Crippen molar-refractivity contribution in [1.82, 2.24) is 0 Å². The molecule has 0 spiro atoms. The Hall–Kier alpha value is -2.99. The van der Waals surface area contributed by atoms with Gasteiger partial charge < -0.3 is 24.8 Å². The van der Waals surface area contributed by atoms with Crippen LogP contribution in [-0.4, -0.2) is 0 Å². The standard InChI is InChI=1S/C21H25.C20H11F6.2ClH.Zr/c1-20(2,3)16-7-9-18-14(12-16)11-15-13-17(21(4,5)6)8-10-19(15)18;21-19(22,23)16-9-5-14(6-10-16)18(13-3-1-2-4-13)15-7-11-17(12-8-15)20(24,25)26;;;/h7-13H,1-6H3;1-3,5-12H;2*1H;/q2*-1;;;+4/p-2. The van der Waals surface area contributed by atoms with Crippen LogP contribution in [0.25, 0.3) is 27.1 Å². The summed E-state index contributed by atoms with van der Waals surface area (Å²) in [5, 5.41) is 5.48. The molecular formula is C41H36Cl2F6Zr. The molecule has 0 unspecified atom stereocenters. The number of alkyl halides is 6. The van der Waals surface area contributed by atoms with Gasteiger partial charge in [-0.1, -0.05) is 142 Å². The zero-order chi connectivity index (χ0) is 34.4. The van der Waals surface area contributed by atoms with Crippen LogP contribution in [0.3, 0.4) is 0 Å². The fraction of sp³-hybridized carbons (Fsp3) is 0.244. The average molecular weight is 805 g/mol. The summed E-state index contributed by atoms with van der Waals surface area (Å²) in [5.41, 5.74) is 3.65. The molecule has 5 aromatic rings. The normalized spacial score (nSPS) is 12.9. The Morgan fingerprint density at radius 3 is 1.20 bits per heavy atom. The molecule has 260 valence electrons. The Bertz CT molecular complexity index is 1850. The minimum absolute atomic E-state index is 0. The molecule has 0 saturated heterocycles. The van der Waals surface area contributed by atoms with Crippen molar-refractivity contribution >= 4 is 27.1 Å². The second-order valence-corrected chi connectivity index (χ2v) is 13.9. The Labute approximate surface area is 321 Å². The van der Waals surface area contributed by atoms with Gasteiger partial charge in [-0.25, -0.2) is 0 Å². The number of hydrogen-bond donors (Lipinski definition) is 0. The van der Waals surface area contributed by atoms with Crippen molar-refractivity contribution in [3.05, 3.63) is 154 Å². The molecule has 0 atom stereocenters. The molecule has 0 radical (unpaired) electrons. The molecule has 0 amide bonds. The molecule has 0 nitrogen and oxygen atoms in total. The number of halogens is 8. The molecule has 0 aliphatic heterocycles. The van der Waals surface area contributed by atoms with E-state index in [1.165, 1.54) is 56.9 Å². The van der Waals surface area contributed by atoms with Gasteiger partial charge in [0.1, 0.15) is 0 Å². The Morgan fingerprint density at radius 1 is 0.540 bits per heavy atom. The van der Waals surface area contributed by atoms with Crippen LogP contribution in [0.15, 0.2) is 115 Å². The zero-order valence-electron chi connectivity index (χ0n) is 28.4. The molecule has 9 heteroatoms. The molecule has 5 aromatic carbocycles. The smallest absolute Gasteiger partial charge is 1.00 e. The zero-order valence-corrected chi connectivity index (χ0v) is 32.4. The minimum atomic E-state index is -4.46. The Morgan fingerprint density at radius 2 is 0.900 bits per heavy atom. The fourth-order valence-corrected chi connectivity index (χ4v) is 5.57. The van der Waals surface area contributed by atoms with Gasteiger partial charge >= 0.3 is 38.6 Å². The van der Waals surface area contributed by atoms with E-state index in [0.29, 0.717) is 22.3 Å². The number of hydrogen-bond acceptors (Lipinski definition) is 0. The van der Waals surface area contributed by atoms with E-state index in [2.05, 4.69) is 90.1 Å². The molecule has 0 aromatic heterocycles. The van der Waals surface area contributed by atoms with Gasteiger partial charge in [-0.15, -0.1) is 45.8 Å². The topological polar surface area (TPSA) is 0 Å². The van der Waals surface area contributed by atoms with Crippen molar-refractivity contribution in [2.45, 2.75) is 64.7 Å². The van der Waals surface area contributed by atoms with Crippen LogP contribution in [0, 0.1) is 6.08 Å². The molecular weight excluding hydrogens is 769 g/mol. The van der Waals surface area contributed by atoms with E-state index in [-0.39, 0.29) is 61.8 Å². The monoisotopic (exact) mass is 802 g/mol. The van der Waals surface area contributed by atoms with Crippen molar-refractivity contribution in [2.24, 2.45) is 0 Å². The first-order valence-electron chi connectivity index (χ1n) is 15.3. The van der Waals surface area contributed by atoms with Gasteiger partial charge in [0.05, 0.1) is 11.1 Å². The van der Waals surface area contributed by atoms with Crippen LogP contribution in [-0.2, 0) is 49.4 Å². The molecule has 1 aliphatic carbocycles. The predicted molar refractivity (Wildman–Crippen MR) is 180 cm³/mol. The van der Waals surface area contributed by atoms with Gasteiger partial charge in [0.25, 0.3) is 0 Å².